The average Bonchev–Trinajstić information content (AvgIpc) is 3.06. The fourth-order valence-corrected chi connectivity index (χ4v) is 5.96. The topological polar surface area (TPSA) is 72.8 Å². The van der Waals surface area contributed by atoms with Crippen LogP contribution in [0.5, 0.6) is 0 Å². The molecule has 1 N–H and O–H groups in total. The van der Waals surface area contributed by atoms with Gasteiger partial charge < -0.3 is 14.6 Å². The van der Waals surface area contributed by atoms with Crippen molar-refractivity contribution in [3.63, 3.8) is 0 Å². The highest BCUT2D eigenvalue weighted by Crippen LogP contribution is 2.15. The van der Waals surface area contributed by atoms with Crippen molar-refractivity contribution in [1.82, 2.24) is 0 Å². The van der Waals surface area contributed by atoms with Crippen LogP contribution in [0.4, 0.5) is 0 Å². The first kappa shape index (κ1) is 44.6. The Kier molecular flexibility index (Phi) is 37.0. The molecule has 0 spiro atoms. The zero-order chi connectivity index (χ0) is 33.6. The molecule has 0 aromatic heterocycles. The van der Waals surface area contributed by atoms with Gasteiger partial charge in [-0.15, -0.1) is 0 Å². The van der Waals surface area contributed by atoms with Crippen LogP contribution in [-0.2, 0) is 19.1 Å². The number of unbranched alkanes of at least 4 members (excludes halogenated alkanes) is 27. The van der Waals surface area contributed by atoms with Crippen LogP contribution in [0.3, 0.4) is 0 Å². The second-order valence-electron chi connectivity index (χ2n) is 13.7. The first-order valence-corrected chi connectivity index (χ1v) is 20.2. The second-order valence-corrected chi connectivity index (χ2v) is 13.7. The standard InChI is InChI=1S/C41H78O5/c1-3-5-7-9-11-13-15-17-19-20-21-22-24-26-28-30-32-34-36-41(44)46-39(37-42)38-45-40(43)35-33-31-29-27-25-23-18-16-14-12-10-8-6-4-2/h16,18,39,42H,3-15,17,19-38H2,1-2H3/b18-16-/t39-/m0/s1. The normalized spacial score (nSPS) is 12.2. The smallest absolute Gasteiger partial charge is 0.306 e. The fourth-order valence-electron chi connectivity index (χ4n) is 5.96. The van der Waals surface area contributed by atoms with Crippen LogP contribution >= 0.6 is 0 Å². The molecular weight excluding hydrogens is 572 g/mol. The molecule has 0 unspecified atom stereocenters. The number of carbonyl (C=O) groups excluding carboxylic acids is 2. The van der Waals surface area contributed by atoms with Crippen molar-refractivity contribution >= 4 is 11.9 Å². The van der Waals surface area contributed by atoms with Crippen molar-refractivity contribution in [3.8, 4) is 0 Å². The quantitative estimate of drug-likeness (QED) is 0.0411. The highest BCUT2D eigenvalue weighted by atomic mass is 16.6. The zero-order valence-electron chi connectivity index (χ0n) is 30.9. The van der Waals surface area contributed by atoms with Gasteiger partial charge in [0.15, 0.2) is 6.10 Å². The molecule has 0 aliphatic rings. The third-order valence-electron chi connectivity index (χ3n) is 9.06. The van der Waals surface area contributed by atoms with Crippen LogP contribution < -0.4 is 0 Å². The SMILES string of the molecule is CCCCCCC/C=C\CCCCCCCC(=O)OC[C@H](CO)OC(=O)CCCCCCCCCCCCCCCCCCCC. The summed E-state index contributed by atoms with van der Waals surface area (Å²) in [6, 6.07) is 0. The molecule has 0 bridgehead atoms. The number of hydrogen-bond acceptors (Lipinski definition) is 5. The Balaban J connectivity index is 3.51. The van der Waals surface area contributed by atoms with Crippen molar-refractivity contribution in [3.05, 3.63) is 12.2 Å². The van der Waals surface area contributed by atoms with Crippen molar-refractivity contribution in [2.45, 2.75) is 225 Å². The van der Waals surface area contributed by atoms with E-state index in [1.165, 1.54) is 148 Å². The molecule has 0 saturated carbocycles. The molecule has 1 atom stereocenters. The molecule has 0 amide bonds. The molecule has 0 aromatic rings. The number of aliphatic hydroxyl groups excluding tert-OH is 1. The monoisotopic (exact) mass is 651 g/mol. The van der Waals surface area contributed by atoms with Crippen LogP contribution in [0.15, 0.2) is 12.2 Å². The lowest BCUT2D eigenvalue weighted by Crippen LogP contribution is -2.28. The number of carbonyl (C=O) groups is 2. The number of esters is 2. The maximum Gasteiger partial charge on any atom is 0.306 e. The Morgan fingerprint density at radius 3 is 1.17 bits per heavy atom. The number of allylic oxidation sites excluding steroid dienone is 2. The van der Waals surface area contributed by atoms with Crippen LogP contribution in [0.2, 0.25) is 0 Å². The van der Waals surface area contributed by atoms with Gasteiger partial charge in [-0.05, 0) is 38.5 Å². The second kappa shape index (κ2) is 38.1. The molecule has 5 heteroatoms. The van der Waals surface area contributed by atoms with Gasteiger partial charge in [-0.2, -0.15) is 0 Å². The van der Waals surface area contributed by atoms with Gasteiger partial charge in [0.1, 0.15) is 6.61 Å². The van der Waals surface area contributed by atoms with Gasteiger partial charge in [0.25, 0.3) is 0 Å². The van der Waals surface area contributed by atoms with Gasteiger partial charge >= 0.3 is 11.9 Å². The van der Waals surface area contributed by atoms with Crippen LogP contribution in [0.25, 0.3) is 0 Å². The van der Waals surface area contributed by atoms with E-state index in [2.05, 4.69) is 26.0 Å². The molecule has 0 aromatic carbocycles. The summed E-state index contributed by atoms with van der Waals surface area (Å²) >= 11 is 0. The first-order chi connectivity index (χ1) is 22.6. The summed E-state index contributed by atoms with van der Waals surface area (Å²) in [5, 5.41) is 9.55. The zero-order valence-corrected chi connectivity index (χ0v) is 30.9. The summed E-state index contributed by atoms with van der Waals surface area (Å²) in [7, 11) is 0. The molecule has 0 heterocycles. The molecule has 0 saturated heterocycles. The molecule has 0 aliphatic carbocycles. The molecule has 0 radical (unpaired) electrons. The van der Waals surface area contributed by atoms with E-state index in [0.717, 1.165) is 44.9 Å². The van der Waals surface area contributed by atoms with E-state index < -0.39 is 6.10 Å². The van der Waals surface area contributed by atoms with Gasteiger partial charge in [-0.1, -0.05) is 180 Å². The molecular formula is C41H78O5. The maximum absolute atomic E-state index is 12.2. The van der Waals surface area contributed by atoms with E-state index in [9.17, 15) is 14.7 Å². The minimum atomic E-state index is -0.767. The first-order valence-electron chi connectivity index (χ1n) is 20.2. The molecule has 0 aliphatic heterocycles. The summed E-state index contributed by atoms with van der Waals surface area (Å²) in [4.78, 5) is 24.2. The third-order valence-corrected chi connectivity index (χ3v) is 9.06. The number of rotatable bonds is 37. The van der Waals surface area contributed by atoms with Gasteiger partial charge in [0.05, 0.1) is 6.61 Å². The summed E-state index contributed by atoms with van der Waals surface area (Å²) in [5.41, 5.74) is 0. The minimum absolute atomic E-state index is 0.0643. The molecule has 5 nitrogen and oxygen atoms in total. The highest BCUT2D eigenvalue weighted by Gasteiger charge is 2.16. The van der Waals surface area contributed by atoms with E-state index in [0.29, 0.717) is 12.8 Å². The van der Waals surface area contributed by atoms with Crippen molar-refractivity contribution in [2.24, 2.45) is 0 Å². The Morgan fingerprint density at radius 2 is 0.804 bits per heavy atom. The predicted molar refractivity (Wildman–Crippen MR) is 196 cm³/mol. The minimum Gasteiger partial charge on any atom is -0.462 e. The van der Waals surface area contributed by atoms with Crippen LogP contribution in [-0.4, -0.2) is 36.4 Å². The molecule has 272 valence electrons. The third kappa shape index (κ3) is 35.5. The molecule has 46 heavy (non-hydrogen) atoms. The van der Waals surface area contributed by atoms with Gasteiger partial charge in [0.2, 0.25) is 0 Å². The number of ether oxygens (including phenoxy) is 2. The average molecular weight is 651 g/mol. The number of hydrogen-bond donors (Lipinski definition) is 1. The van der Waals surface area contributed by atoms with Gasteiger partial charge in [-0.3, -0.25) is 9.59 Å². The summed E-state index contributed by atoms with van der Waals surface area (Å²) in [6.45, 7) is 4.14. The highest BCUT2D eigenvalue weighted by molar-refractivity contribution is 5.70. The predicted octanol–water partition coefficient (Wildman–Crippen LogP) is 12.5. The fraction of sp³-hybridized carbons (Fsp3) is 0.902. The Morgan fingerprint density at radius 1 is 0.478 bits per heavy atom. The molecule has 0 fully saturated rings. The van der Waals surface area contributed by atoms with Gasteiger partial charge in [0, 0.05) is 12.8 Å². The van der Waals surface area contributed by atoms with E-state index >= 15 is 0 Å². The van der Waals surface area contributed by atoms with E-state index in [1.807, 2.05) is 0 Å². The molecule has 0 rings (SSSR count). The summed E-state index contributed by atoms with van der Waals surface area (Å²) < 4.78 is 10.6. The number of aliphatic hydroxyl groups is 1. The maximum atomic E-state index is 12.2. The lowest BCUT2D eigenvalue weighted by Gasteiger charge is -2.15. The Bertz CT molecular complexity index is 661. The summed E-state index contributed by atoms with van der Waals surface area (Å²) in [5.74, 6) is -0.590. The lowest BCUT2D eigenvalue weighted by molar-refractivity contribution is -0.161. The van der Waals surface area contributed by atoms with Crippen LogP contribution in [0.1, 0.15) is 219 Å². The van der Waals surface area contributed by atoms with E-state index in [4.69, 9.17) is 9.47 Å². The van der Waals surface area contributed by atoms with Crippen molar-refractivity contribution in [1.29, 1.82) is 0 Å². The lowest BCUT2D eigenvalue weighted by atomic mass is 10.0. The van der Waals surface area contributed by atoms with E-state index in [-0.39, 0.29) is 25.2 Å². The largest absolute Gasteiger partial charge is 0.462 e. The summed E-state index contributed by atoms with van der Waals surface area (Å²) in [6.07, 6.45) is 42.7. The van der Waals surface area contributed by atoms with E-state index in [1.54, 1.807) is 0 Å². The Hall–Kier alpha value is -1.36. The van der Waals surface area contributed by atoms with Crippen molar-refractivity contribution in [2.75, 3.05) is 13.2 Å². The van der Waals surface area contributed by atoms with Crippen LogP contribution in [0, 0.1) is 0 Å². The Labute approximate surface area is 286 Å². The van der Waals surface area contributed by atoms with Crippen molar-refractivity contribution < 1.29 is 24.2 Å². The van der Waals surface area contributed by atoms with Gasteiger partial charge in [-0.25, -0.2) is 0 Å².